The Labute approximate surface area is 163 Å². The molecule has 2 aliphatic heterocycles. The van der Waals surface area contributed by atoms with E-state index in [1.807, 2.05) is 11.9 Å². The molecule has 28 heavy (non-hydrogen) atoms. The number of rotatable bonds is 3. The van der Waals surface area contributed by atoms with E-state index >= 15 is 4.39 Å². The predicted octanol–water partition coefficient (Wildman–Crippen LogP) is 0.957. The Balaban J connectivity index is 1.94. The Hall–Kier alpha value is -2.65. The Kier molecular flexibility index (Phi) is 3.69. The lowest BCUT2D eigenvalue weighted by atomic mass is 9.99. The zero-order chi connectivity index (χ0) is 19.7. The summed E-state index contributed by atoms with van der Waals surface area (Å²) in [5.41, 5.74) is 2.95. The number of carboxylic acids is 1. The van der Waals surface area contributed by atoms with E-state index in [0.717, 1.165) is 29.9 Å². The monoisotopic (exact) mass is 402 g/mol. The minimum Gasteiger partial charge on any atom is -0.478 e. The Bertz CT molecular complexity index is 1270. The Morgan fingerprint density at radius 1 is 1.25 bits per heavy atom. The molecule has 5 rings (SSSR count). The van der Waals surface area contributed by atoms with Crippen LogP contribution in [0.3, 0.4) is 0 Å². The smallest absolute Gasteiger partial charge is 0.334 e. The first-order valence-corrected chi connectivity index (χ1v) is 9.94. The van der Waals surface area contributed by atoms with E-state index < -0.39 is 5.97 Å². The second-order valence-corrected chi connectivity index (χ2v) is 8.31. The highest BCUT2D eigenvalue weighted by molar-refractivity contribution is 7.08. The van der Waals surface area contributed by atoms with Gasteiger partial charge in [0.15, 0.2) is 0 Å². The predicted molar refractivity (Wildman–Crippen MR) is 108 cm³/mol. The number of piperazine rings is 1. The third-order valence-corrected chi connectivity index (χ3v) is 6.78. The molecule has 4 heterocycles. The van der Waals surface area contributed by atoms with Gasteiger partial charge in [-0.05, 0) is 18.7 Å². The first kappa shape index (κ1) is 17.4. The fourth-order valence-corrected chi connectivity index (χ4v) is 5.46. The lowest BCUT2D eigenvalue weighted by molar-refractivity contribution is -0.130. The Morgan fingerprint density at radius 3 is 2.61 bits per heavy atom. The molecule has 9 heteroatoms. The van der Waals surface area contributed by atoms with Gasteiger partial charge in [0.05, 0.1) is 27.9 Å². The van der Waals surface area contributed by atoms with Crippen LogP contribution in [0.5, 0.6) is 0 Å². The second kappa shape index (κ2) is 5.92. The number of benzene rings is 1. The van der Waals surface area contributed by atoms with Crippen molar-refractivity contribution in [3.8, 4) is 0 Å². The summed E-state index contributed by atoms with van der Waals surface area (Å²) >= 11 is 0.941. The molecule has 0 radical (unpaired) electrons. The molecular weight excluding hydrogens is 383 g/mol. The summed E-state index contributed by atoms with van der Waals surface area (Å²) in [7, 11) is 3.75. The van der Waals surface area contributed by atoms with Crippen LogP contribution >= 0.6 is 11.3 Å². The molecule has 2 aliphatic rings. The van der Waals surface area contributed by atoms with Crippen LogP contribution in [0.4, 0.5) is 15.8 Å². The van der Waals surface area contributed by atoms with Crippen molar-refractivity contribution in [2.45, 2.75) is 6.42 Å². The van der Waals surface area contributed by atoms with Crippen molar-refractivity contribution in [1.29, 1.82) is 0 Å². The summed E-state index contributed by atoms with van der Waals surface area (Å²) in [6, 6.07) is 1.44. The molecule has 3 aromatic rings. The fourth-order valence-electron chi connectivity index (χ4n) is 4.44. The normalized spacial score (nSPS) is 17.2. The van der Waals surface area contributed by atoms with Crippen molar-refractivity contribution < 1.29 is 14.3 Å². The van der Waals surface area contributed by atoms with E-state index in [-0.39, 0.29) is 22.6 Å². The molecule has 0 saturated carbocycles. The van der Waals surface area contributed by atoms with E-state index in [0.29, 0.717) is 45.6 Å². The average molecular weight is 402 g/mol. The molecule has 0 unspecified atom stereocenters. The number of likely N-dealkylation sites (N-methyl/N-ethyl adjacent to an activating group) is 1. The maximum atomic E-state index is 15.3. The molecule has 1 fully saturated rings. The fraction of sp³-hybridized carbons (Fsp3) is 0.368. The van der Waals surface area contributed by atoms with E-state index in [1.54, 1.807) is 11.4 Å². The van der Waals surface area contributed by atoms with Crippen molar-refractivity contribution in [2.75, 3.05) is 50.5 Å². The summed E-state index contributed by atoms with van der Waals surface area (Å²) in [5.74, 6) is -1.45. The van der Waals surface area contributed by atoms with Crippen molar-refractivity contribution in [2.24, 2.45) is 0 Å². The highest BCUT2D eigenvalue weighted by Crippen LogP contribution is 2.42. The number of hydrogen-bond donors (Lipinski definition) is 2. The highest BCUT2D eigenvalue weighted by Gasteiger charge is 2.32. The summed E-state index contributed by atoms with van der Waals surface area (Å²) < 4.78 is 17.3. The third kappa shape index (κ3) is 2.17. The first-order chi connectivity index (χ1) is 13.4. The lowest BCUT2D eigenvalue weighted by Crippen LogP contribution is -2.45. The van der Waals surface area contributed by atoms with Crippen LogP contribution < -0.4 is 19.6 Å². The standard InChI is InChI=1S/C19H19FN4O3S/c1-21-13-12-14-9(8-11(20)15(12)23-5-3-22(2)4-6-23)7-10(18(25)26)17-24(14)16(13)19(27)28-17/h8,21H,3-7H2,1-2H3,(H,25,26). The molecule has 2 N–H and O–H groups in total. The van der Waals surface area contributed by atoms with Crippen molar-refractivity contribution in [3.63, 3.8) is 0 Å². The molecule has 2 aromatic heterocycles. The number of anilines is 2. The summed E-state index contributed by atoms with van der Waals surface area (Å²) in [6.45, 7) is 3.04. The largest absolute Gasteiger partial charge is 0.478 e. The van der Waals surface area contributed by atoms with Gasteiger partial charge in [-0.1, -0.05) is 11.3 Å². The van der Waals surface area contributed by atoms with Gasteiger partial charge in [0.2, 0.25) is 0 Å². The molecule has 146 valence electrons. The first-order valence-electron chi connectivity index (χ1n) is 9.12. The number of aromatic nitrogens is 1. The van der Waals surface area contributed by atoms with Gasteiger partial charge in [0, 0.05) is 39.6 Å². The minimum absolute atomic E-state index is 0.105. The highest BCUT2D eigenvalue weighted by atomic mass is 32.1. The summed E-state index contributed by atoms with van der Waals surface area (Å²) in [4.78, 5) is 28.7. The van der Waals surface area contributed by atoms with Gasteiger partial charge in [0.25, 0.3) is 4.74 Å². The number of carbonyl (C=O) groups is 1. The number of nitrogens with zero attached hydrogens (tertiary/aromatic N) is 3. The van der Waals surface area contributed by atoms with Gasteiger partial charge in [-0.2, -0.15) is 0 Å². The number of hydrogen-bond acceptors (Lipinski definition) is 6. The number of nitrogens with one attached hydrogen (secondary N) is 1. The maximum absolute atomic E-state index is 15.3. The molecule has 1 saturated heterocycles. The zero-order valence-corrected chi connectivity index (χ0v) is 16.3. The van der Waals surface area contributed by atoms with Crippen LogP contribution in [-0.2, 0) is 11.2 Å². The van der Waals surface area contributed by atoms with Crippen LogP contribution in [0.1, 0.15) is 5.56 Å². The van der Waals surface area contributed by atoms with Gasteiger partial charge < -0.3 is 20.2 Å². The molecule has 7 nitrogen and oxygen atoms in total. The van der Waals surface area contributed by atoms with Gasteiger partial charge in [-0.15, -0.1) is 0 Å². The number of carboxylic acid groups (broad SMARTS) is 1. The van der Waals surface area contributed by atoms with Gasteiger partial charge >= 0.3 is 5.97 Å². The quantitative estimate of drug-likeness (QED) is 0.680. The van der Waals surface area contributed by atoms with Crippen molar-refractivity contribution in [3.05, 3.63) is 31.6 Å². The molecule has 0 amide bonds. The average Bonchev–Trinajstić information content (AvgIpc) is 3.17. The SMILES string of the molecule is CNc1c2c(N3CCN(C)CC3)c(F)cc3c2n2c(sc(=O)c12)=C(C(=O)O)C3. The maximum Gasteiger partial charge on any atom is 0.334 e. The van der Waals surface area contributed by atoms with Crippen LogP contribution in [0, 0.1) is 5.82 Å². The van der Waals surface area contributed by atoms with Gasteiger partial charge in [0.1, 0.15) is 16.0 Å². The number of aliphatic carboxylic acids is 1. The molecule has 0 aliphatic carbocycles. The lowest BCUT2D eigenvalue weighted by Gasteiger charge is -2.35. The number of thiazole rings is 1. The van der Waals surface area contributed by atoms with E-state index in [1.165, 1.54) is 6.07 Å². The van der Waals surface area contributed by atoms with E-state index in [9.17, 15) is 14.7 Å². The summed E-state index contributed by atoms with van der Waals surface area (Å²) in [6.07, 6.45) is 0.105. The van der Waals surface area contributed by atoms with Crippen LogP contribution in [0.25, 0.3) is 22.0 Å². The van der Waals surface area contributed by atoms with Gasteiger partial charge in [-0.25, -0.2) is 9.18 Å². The molecule has 1 aromatic carbocycles. The number of halogens is 1. The second-order valence-electron chi connectivity index (χ2n) is 7.34. The zero-order valence-electron chi connectivity index (χ0n) is 15.5. The van der Waals surface area contributed by atoms with E-state index in [4.69, 9.17) is 0 Å². The van der Waals surface area contributed by atoms with Crippen LogP contribution in [0.2, 0.25) is 0 Å². The summed E-state index contributed by atoms with van der Waals surface area (Å²) in [5, 5.41) is 13.4. The van der Waals surface area contributed by atoms with Crippen molar-refractivity contribution >= 4 is 50.7 Å². The molecule has 0 bridgehead atoms. The van der Waals surface area contributed by atoms with Gasteiger partial charge in [-0.3, -0.25) is 9.20 Å². The third-order valence-electron chi connectivity index (χ3n) is 5.78. The molecular formula is C19H19FN4O3S. The van der Waals surface area contributed by atoms with Crippen LogP contribution in [-0.4, -0.2) is 60.7 Å². The topological polar surface area (TPSA) is 77.3 Å². The van der Waals surface area contributed by atoms with E-state index in [2.05, 4.69) is 10.2 Å². The minimum atomic E-state index is -1.08. The van der Waals surface area contributed by atoms with Crippen molar-refractivity contribution in [1.82, 2.24) is 9.30 Å². The van der Waals surface area contributed by atoms with Crippen LogP contribution in [0.15, 0.2) is 10.9 Å². The Morgan fingerprint density at radius 2 is 1.96 bits per heavy atom. The molecule has 0 atom stereocenters. The molecule has 0 spiro atoms.